The number of sulfonamides is 2. The van der Waals surface area contributed by atoms with Crippen molar-refractivity contribution < 1.29 is 16.8 Å². The van der Waals surface area contributed by atoms with Gasteiger partial charge in [0.2, 0.25) is 20.0 Å². The zero-order valence-corrected chi connectivity index (χ0v) is 22.3. The molecule has 0 spiro atoms. The SMILES string of the molecule is CC(=CC=C(C)C(C)CNS(=O)(=O)C(C)C)c1ccc(C(C)CNS(=O)(=O)C(C)C)cc1. The molecule has 8 heteroatoms. The first kappa shape index (κ1) is 28.6. The molecule has 0 aliphatic carbocycles. The Kier molecular flexibility index (Phi) is 10.8. The molecule has 0 radical (unpaired) electrons. The lowest BCUT2D eigenvalue weighted by atomic mass is 9.97. The van der Waals surface area contributed by atoms with Crippen molar-refractivity contribution >= 4 is 25.6 Å². The molecule has 0 saturated heterocycles. The predicted molar refractivity (Wildman–Crippen MR) is 136 cm³/mol. The Morgan fingerprint density at radius 2 is 1.25 bits per heavy atom. The molecule has 0 amide bonds. The third-order valence-corrected chi connectivity index (χ3v) is 9.35. The molecule has 32 heavy (non-hydrogen) atoms. The second kappa shape index (κ2) is 12.1. The Morgan fingerprint density at radius 3 is 1.72 bits per heavy atom. The summed E-state index contributed by atoms with van der Waals surface area (Å²) in [6.45, 7) is 15.4. The highest BCUT2D eigenvalue weighted by atomic mass is 32.2. The van der Waals surface area contributed by atoms with Crippen LogP contribution in [0.25, 0.3) is 5.57 Å². The summed E-state index contributed by atoms with van der Waals surface area (Å²) in [6, 6.07) is 8.14. The molecular formula is C24H40N2O4S2. The van der Waals surface area contributed by atoms with Crippen LogP contribution in [0.5, 0.6) is 0 Å². The molecule has 1 rings (SSSR count). The smallest absolute Gasteiger partial charge is 0.213 e. The van der Waals surface area contributed by atoms with E-state index in [1.165, 1.54) is 0 Å². The highest BCUT2D eigenvalue weighted by Gasteiger charge is 2.18. The van der Waals surface area contributed by atoms with Crippen molar-refractivity contribution in [3.05, 3.63) is 53.1 Å². The van der Waals surface area contributed by atoms with Crippen LogP contribution in [0.15, 0.2) is 42.0 Å². The van der Waals surface area contributed by atoms with Crippen molar-refractivity contribution in [2.45, 2.75) is 71.8 Å². The van der Waals surface area contributed by atoms with Gasteiger partial charge in [0.15, 0.2) is 0 Å². The highest BCUT2D eigenvalue weighted by Crippen LogP contribution is 2.21. The fraction of sp³-hybridized carbons (Fsp3) is 0.583. The minimum Gasteiger partial charge on any atom is -0.214 e. The van der Waals surface area contributed by atoms with Gasteiger partial charge >= 0.3 is 0 Å². The number of hydrogen-bond acceptors (Lipinski definition) is 4. The van der Waals surface area contributed by atoms with E-state index in [-0.39, 0.29) is 11.8 Å². The molecule has 0 heterocycles. The van der Waals surface area contributed by atoms with Crippen molar-refractivity contribution in [1.29, 1.82) is 0 Å². The molecule has 0 aliphatic heterocycles. The van der Waals surface area contributed by atoms with Crippen molar-refractivity contribution in [3.8, 4) is 0 Å². The summed E-state index contributed by atoms with van der Waals surface area (Å²) in [5, 5.41) is -0.887. The largest absolute Gasteiger partial charge is 0.214 e. The molecule has 0 bridgehead atoms. The lowest BCUT2D eigenvalue weighted by Gasteiger charge is -2.16. The number of rotatable bonds is 12. The van der Waals surface area contributed by atoms with Crippen LogP contribution in [-0.2, 0) is 20.0 Å². The molecular weight excluding hydrogens is 444 g/mol. The molecule has 182 valence electrons. The van der Waals surface area contributed by atoms with E-state index in [1.54, 1.807) is 27.7 Å². The van der Waals surface area contributed by atoms with E-state index in [1.807, 2.05) is 64.1 Å². The van der Waals surface area contributed by atoms with Crippen molar-refractivity contribution in [3.63, 3.8) is 0 Å². The Morgan fingerprint density at radius 1 is 0.781 bits per heavy atom. The number of hydrogen-bond donors (Lipinski definition) is 2. The molecule has 1 aromatic carbocycles. The van der Waals surface area contributed by atoms with Gasteiger partial charge < -0.3 is 0 Å². The van der Waals surface area contributed by atoms with Crippen LogP contribution < -0.4 is 9.44 Å². The second-order valence-corrected chi connectivity index (χ2v) is 13.7. The van der Waals surface area contributed by atoms with E-state index in [4.69, 9.17) is 0 Å². The van der Waals surface area contributed by atoms with E-state index < -0.39 is 30.5 Å². The average Bonchev–Trinajstić information content (AvgIpc) is 2.73. The molecule has 1 aromatic rings. The third kappa shape index (κ3) is 8.81. The lowest BCUT2D eigenvalue weighted by molar-refractivity contribution is 0.558. The van der Waals surface area contributed by atoms with Crippen LogP contribution >= 0.6 is 0 Å². The maximum absolute atomic E-state index is 11.9. The van der Waals surface area contributed by atoms with Gasteiger partial charge in [-0.25, -0.2) is 26.3 Å². The highest BCUT2D eigenvalue weighted by molar-refractivity contribution is 7.90. The number of nitrogens with one attached hydrogen (secondary N) is 2. The summed E-state index contributed by atoms with van der Waals surface area (Å²) in [5.74, 6) is 0.157. The fourth-order valence-electron chi connectivity index (χ4n) is 2.69. The maximum atomic E-state index is 11.9. The summed E-state index contributed by atoms with van der Waals surface area (Å²) in [6.07, 6.45) is 4.07. The lowest BCUT2D eigenvalue weighted by Crippen LogP contribution is -2.34. The van der Waals surface area contributed by atoms with Crippen LogP contribution in [0.2, 0.25) is 0 Å². The quantitative estimate of drug-likeness (QED) is 0.429. The molecule has 6 nitrogen and oxygen atoms in total. The summed E-state index contributed by atoms with van der Waals surface area (Å²) >= 11 is 0. The summed E-state index contributed by atoms with van der Waals surface area (Å²) in [4.78, 5) is 0. The van der Waals surface area contributed by atoms with Gasteiger partial charge in [-0.05, 0) is 70.1 Å². The van der Waals surface area contributed by atoms with Gasteiger partial charge in [-0.3, -0.25) is 0 Å². The molecule has 2 atom stereocenters. The second-order valence-electron chi connectivity index (χ2n) is 9.07. The minimum absolute atomic E-state index is 0.0690. The Labute approximate surface area is 195 Å². The Hall–Kier alpha value is -1.48. The Balaban J connectivity index is 2.77. The monoisotopic (exact) mass is 484 g/mol. The molecule has 0 saturated carbocycles. The van der Waals surface area contributed by atoms with Crippen LogP contribution in [0.4, 0.5) is 0 Å². The first-order valence-electron chi connectivity index (χ1n) is 11.1. The predicted octanol–water partition coefficient (Wildman–Crippen LogP) is 4.43. The van der Waals surface area contributed by atoms with E-state index in [0.29, 0.717) is 13.1 Å². The minimum atomic E-state index is -3.27. The standard InChI is InChI=1S/C24H40N2O4S2/c1-17(2)31(27,28)25-15-21(7)19(5)9-10-20(6)23-11-13-24(14-12-23)22(8)16-26-32(29,30)18(3)4/h9-14,17-18,21-22,25-26H,15-16H2,1-8H3. The van der Waals surface area contributed by atoms with Crippen LogP contribution in [0.1, 0.15) is 72.4 Å². The van der Waals surface area contributed by atoms with Crippen LogP contribution in [0.3, 0.4) is 0 Å². The fourth-order valence-corrected chi connectivity index (χ4v) is 4.32. The number of allylic oxidation sites excluding steroid dienone is 3. The van der Waals surface area contributed by atoms with Crippen molar-refractivity contribution in [1.82, 2.24) is 9.44 Å². The molecule has 2 N–H and O–H groups in total. The number of benzene rings is 1. The van der Waals surface area contributed by atoms with Crippen molar-refractivity contribution in [2.75, 3.05) is 13.1 Å². The van der Waals surface area contributed by atoms with Gasteiger partial charge in [0.1, 0.15) is 0 Å². The molecule has 0 aliphatic rings. The van der Waals surface area contributed by atoms with Gasteiger partial charge in [-0.1, -0.05) is 55.8 Å². The Bertz CT molecular complexity index is 1010. The van der Waals surface area contributed by atoms with Gasteiger partial charge in [0, 0.05) is 13.1 Å². The van der Waals surface area contributed by atoms with E-state index >= 15 is 0 Å². The van der Waals surface area contributed by atoms with Gasteiger partial charge in [-0.15, -0.1) is 0 Å². The zero-order chi connectivity index (χ0) is 24.7. The molecule has 2 unspecified atom stereocenters. The van der Waals surface area contributed by atoms with Crippen molar-refractivity contribution in [2.24, 2.45) is 5.92 Å². The summed E-state index contributed by atoms with van der Waals surface area (Å²) in [5.41, 5.74) is 4.35. The first-order chi connectivity index (χ1) is 14.7. The molecule has 0 fully saturated rings. The third-order valence-electron chi connectivity index (χ3n) is 5.73. The maximum Gasteiger partial charge on any atom is 0.213 e. The summed E-state index contributed by atoms with van der Waals surface area (Å²) in [7, 11) is -6.53. The summed E-state index contributed by atoms with van der Waals surface area (Å²) < 4.78 is 53.1. The van der Waals surface area contributed by atoms with Gasteiger partial charge in [0.05, 0.1) is 10.5 Å². The molecule has 0 aromatic heterocycles. The topological polar surface area (TPSA) is 92.3 Å². The first-order valence-corrected chi connectivity index (χ1v) is 14.2. The van der Waals surface area contributed by atoms with E-state index in [9.17, 15) is 16.8 Å². The normalized spacial score (nSPS) is 15.9. The van der Waals surface area contributed by atoms with E-state index in [2.05, 4.69) is 9.44 Å². The van der Waals surface area contributed by atoms with Gasteiger partial charge in [0.25, 0.3) is 0 Å². The van der Waals surface area contributed by atoms with Crippen LogP contribution in [0, 0.1) is 5.92 Å². The van der Waals surface area contributed by atoms with Gasteiger partial charge in [-0.2, -0.15) is 0 Å². The van der Waals surface area contributed by atoms with Crippen LogP contribution in [-0.4, -0.2) is 40.4 Å². The average molecular weight is 485 g/mol. The van der Waals surface area contributed by atoms with E-state index in [0.717, 1.165) is 22.3 Å². The zero-order valence-electron chi connectivity index (χ0n) is 20.6.